The zero-order chi connectivity index (χ0) is 19.3. The molecule has 2 aromatic heterocycles. The second-order valence-corrected chi connectivity index (χ2v) is 6.69. The Morgan fingerprint density at radius 3 is 3.07 bits per heavy atom. The molecule has 3 aromatic rings. The van der Waals surface area contributed by atoms with Crippen molar-refractivity contribution in [2.24, 2.45) is 0 Å². The van der Waals surface area contributed by atoms with Gasteiger partial charge in [0.25, 0.3) is 5.91 Å². The molecule has 1 aliphatic heterocycles. The summed E-state index contributed by atoms with van der Waals surface area (Å²) in [7, 11) is 1.62. The average Bonchev–Trinajstić information content (AvgIpc) is 3.36. The summed E-state index contributed by atoms with van der Waals surface area (Å²) in [6.07, 6.45) is 4.34. The largest absolute Gasteiger partial charge is 0.496 e. The average molecular weight is 381 g/mol. The first-order chi connectivity index (χ1) is 13.7. The van der Waals surface area contributed by atoms with Crippen LogP contribution in [0.15, 0.2) is 48.8 Å². The molecule has 8 heteroatoms. The van der Waals surface area contributed by atoms with Crippen molar-refractivity contribution in [3.8, 4) is 17.0 Å². The molecule has 1 amide bonds. The second-order valence-electron chi connectivity index (χ2n) is 6.69. The van der Waals surface area contributed by atoms with Crippen LogP contribution in [0.25, 0.3) is 11.3 Å². The Morgan fingerprint density at radius 1 is 1.36 bits per heavy atom. The topological polar surface area (TPSA) is 85.3 Å². The van der Waals surface area contributed by atoms with E-state index in [0.717, 1.165) is 17.7 Å². The summed E-state index contributed by atoms with van der Waals surface area (Å²) in [5.41, 5.74) is 1.98. The number of hydrogen-bond donors (Lipinski definition) is 1. The molecular formula is C20H23N5O3. The monoisotopic (exact) mass is 381 g/mol. The van der Waals surface area contributed by atoms with E-state index in [0.29, 0.717) is 37.6 Å². The number of H-pyrrole nitrogens is 1. The van der Waals surface area contributed by atoms with Crippen molar-refractivity contribution in [1.29, 1.82) is 0 Å². The highest BCUT2D eigenvalue weighted by Gasteiger charge is 2.25. The first kappa shape index (κ1) is 18.2. The van der Waals surface area contributed by atoms with Gasteiger partial charge in [-0.3, -0.25) is 14.6 Å². The van der Waals surface area contributed by atoms with Gasteiger partial charge in [-0.15, -0.1) is 0 Å². The predicted octanol–water partition coefficient (Wildman–Crippen LogP) is 2.21. The van der Waals surface area contributed by atoms with Gasteiger partial charge in [0.05, 0.1) is 25.5 Å². The molecule has 1 N–H and O–H groups in total. The first-order valence-corrected chi connectivity index (χ1v) is 9.31. The summed E-state index contributed by atoms with van der Waals surface area (Å²) < 4.78 is 13.1. The fourth-order valence-corrected chi connectivity index (χ4v) is 3.40. The molecule has 1 atom stereocenters. The van der Waals surface area contributed by atoms with Crippen molar-refractivity contribution in [3.63, 3.8) is 0 Å². The molecule has 1 saturated heterocycles. The Labute approximate surface area is 163 Å². The molecule has 1 fully saturated rings. The molecule has 146 valence electrons. The van der Waals surface area contributed by atoms with Crippen LogP contribution < -0.4 is 4.74 Å². The number of amides is 1. The van der Waals surface area contributed by atoms with Crippen LogP contribution in [0, 0.1) is 0 Å². The Bertz CT molecular complexity index is 922. The number of nitrogens with zero attached hydrogens (tertiary/aromatic N) is 4. The summed E-state index contributed by atoms with van der Waals surface area (Å²) in [6.45, 7) is 2.41. The standard InChI is InChI=1S/C20H23N5O3/c1-27-19-7-3-2-6-16(19)17-12-18(23-22-17)20(26)24-9-5-11-28-15(13-24)14-25-10-4-8-21-25/h2-4,6-8,10,12,15H,5,9,11,13-14H2,1H3,(H,22,23). The molecule has 1 aromatic carbocycles. The molecule has 0 spiro atoms. The van der Waals surface area contributed by atoms with Gasteiger partial charge in [-0.2, -0.15) is 10.2 Å². The number of ether oxygens (including phenoxy) is 2. The highest BCUT2D eigenvalue weighted by molar-refractivity contribution is 5.93. The predicted molar refractivity (Wildman–Crippen MR) is 103 cm³/mol. The molecule has 28 heavy (non-hydrogen) atoms. The van der Waals surface area contributed by atoms with Gasteiger partial charge in [0.1, 0.15) is 11.4 Å². The van der Waals surface area contributed by atoms with Gasteiger partial charge in [0.2, 0.25) is 0 Å². The van der Waals surface area contributed by atoms with Crippen molar-refractivity contribution >= 4 is 5.91 Å². The van der Waals surface area contributed by atoms with E-state index < -0.39 is 0 Å². The zero-order valence-electron chi connectivity index (χ0n) is 15.7. The highest BCUT2D eigenvalue weighted by Crippen LogP contribution is 2.28. The molecule has 0 aliphatic carbocycles. The summed E-state index contributed by atoms with van der Waals surface area (Å²) in [4.78, 5) is 14.9. The van der Waals surface area contributed by atoms with Gasteiger partial charge in [0, 0.05) is 37.7 Å². The molecule has 8 nitrogen and oxygen atoms in total. The van der Waals surface area contributed by atoms with Gasteiger partial charge in [-0.25, -0.2) is 0 Å². The molecule has 0 bridgehead atoms. The Hall–Kier alpha value is -3.13. The number of para-hydroxylation sites is 1. The number of aromatic nitrogens is 4. The highest BCUT2D eigenvalue weighted by atomic mass is 16.5. The van der Waals surface area contributed by atoms with Crippen LogP contribution in [0.2, 0.25) is 0 Å². The van der Waals surface area contributed by atoms with Crippen LogP contribution >= 0.6 is 0 Å². The Balaban J connectivity index is 1.49. The lowest BCUT2D eigenvalue weighted by molar-refractivity contribution is 0.0365. The van der Waals surface area contributed by atoms with Crippen LogP contribution in [-0.4, -0.2) is 63.7 Å². The molecule has 0 saturated carbocycles. The third kappa shape index (κ3) is 3.91. The van der Waals surface area contributed by atoms with Crippen LogP contribution in [0.4, 0.5) is 0 Å². The summed E-state index contributed by atoms with van der Waals surface area (Å²) >= 11 is 0. The first-order valence-electron chi connectivity index (χ1n) is 9.31. The molecule has 1 aliphatic rings. The minimum Gasteiger partial charge on any atom is -0.496 e. The maximum absolute atomic E-state index is 13.0. The van der Waals surface area contributed by atoms with Crippen molar-refractivity contribution in [3.05, 3.63) is 54.5 Å². The van der Waals surface area contributed by atoms with E-state index in [9.17, 15) is 4.79 Å². The number of aromatic amines is 1. The SMILES string of the molecule is COc1ccccc1-c1cc(C(=O)N2CCCOC(Cn3cccn3)C2)[nH]n1. The fourth-order valence-electron chi connectivity index (χ4n) is 3.40. The molecular weight excluding hydrogens is 358 g/mol. The number of methoxy groups -OCH3 is 1. The lowest BCUT2D eigenvalue weighted by atomic mass is 10.1. The number of hydrogen-bond acceptors (Lipinski definition) is 5. The fraction of sp³-hybridized carbons (Fsp3) is 0.350. The number of rotatable bonds is 5. The molecule has 0 radical (unpaired) electrons. The lowest BCUT2D eigenvalue weighted by Gasteiger charge is -2.23. The van der Waals surface area contributed by atoms with Gasteiger partial charge in [-0.05, 0) is 30.7 Å². The van der Waals surface area contributed by atoms with Gasteiger partial charge < -0.3 is 14.4 Å². The zero-order valence-corrected chi connectivity index (χ0v) is 15.7. The van der Waals surface area contributed by atoms with E-state index in [4.69, 9.17) is 9.47 Å². The number of benzene rings is 1. The smallest absolute Gasteiger partial charge is 0.271 e. The molecule has 3 heterocycles. The summed E-state index contributed by atoms with van der Waals surface area (Å²) in [5, 5.41) is 11.4. The van der Waals surface area contributed by atoms with Crippen LogP contribution in [0.5, 0.6) is 5.75 Å². The Kier molecular flexibility index (Phi) is 5.38. The lowest BCUT2D eigenvalue weighted by Crippen LogP contribution is -2.38. The number of carbonyl (C=O) groups excluding carboxylic acids is 1. The quantitative estimate of drug-likeness (QED) is 0.732. The minimum atomic E-state index is -0.0945. The minimum absolute atomic E-state index is 0.0791. The Morgan fingerprint density at radius 2 is 2.25 bits per heavy atom. The van der Waals surface area contributed by atoms with E-state index >= 15 is 0 Å². The van der Waals surface area contributed by atoms with Gasteiger partial charge in [-0.1, -0.05) is 12.1 Å². The maximum atomic E-state index is 13.0. The van der Waals surface area contributed by atoms with Crippen LogP contribution in [0.1, 0.15) is 16.9 Å². The van der Waals surface area contributed by atoms with Crippen molar-refractivity contribution in [2.45, 2.75) is 19.1 Å². The van der Waals surface area contributed by atoms with Crippen molar-refractivity contribution in [2.75, 3.05) is 26.8 Å². The van der Waals surface area contributed by atoms with Crippen molar-refractivity contribution < 1.29 is 14.3 Å². The number of carbonyl (C=O) groups is 1. The second kappa shape index (κ2) is 8.26. The van der Waals surface area contributed by atoms with Crippen LogP contribution in [-0.2, 0) is 11.3 Å². The molecule has 1 unspecified atom stereocenters. The summed E-state index contributed by atoms with van der Waals surface area (Å²) in [5.74, 6) is 0.639. The normalized spacial score (nSPS) is 17.3. The maximum Gasteiger partial charge on any atom is 0.271 e. The van der Waals surface area contributed by atoms with Gasteiger partial charge >= 0.3 is 0 Å². The van der Waals surface area contributed by atoms with Crippen molar-refractivity contribution in [1.82, 2.24) is 24.9 Å². The summed E-state index contributed by atoms with van der Waals surface area (Å²) in [6, 6.07) is 11.3. The van der Waals surface area contributed by atoms with E-state index in [-0.39, 0.29) is 12.0 Å². The van der Waals surface area contributed by atoms with E-state index in [1.807, 2.05) is 46.1 Å². The van der Waals surface area contributed by atoms with E-state index in [1.54, 1.807) is 19.4 Å². The van der Waals surface area contributed by atoms with E-state index in [2.05, 4.69) is 15.3 Å². The number of nitrogens with one attached hydrogen (secondary N) is 1. The third-order valence-electron chi connectivity index (χ3n) is 4.78. The van der Waals surface area contributed by atoms with Crippen LogP contribution in [0.3, 0.4) is 0 Å². The van der Waals surface area contributed by atoms with E-state index in [1.165, 1.54) is 0 Å². The molecule has 4 rings (SSSR count). The third-order valence-corrected chi connectivity index (χ3v) is 4.78. The van der Waals surface area contributed by atoms with Gasteiger partial charge in [0.15, 0.2) is 0 Å².